The predicted octanol–water partition coefficient (Wildman–Crippen LogP) is 6.28. The van der Waals surface area contributed by atoms with E-state index in [4.69, 9.17) is 9.47 Å². The van der Waals surface area contributed by atoms with Gasteiger partial charge in [0.2, 0.25) is 0 Å². The summed E-state index contributed by atoms with van der Waals surface area (Å²) in [5.74, 6) is 1.61. The molecule has 0 unspecified atom stereocenters. The van der Waals surface area contributed by atoms with Crippen molar-refractivity contribution in [1.82, 2.24) is 4.90 Å². The van der Waals surface area contributed by atoms with Gasteiger partial charge in [-0.25, -0.2) is 0 Å². The van der Waals surface area contributed by atoms with Gasteiger partial charge in [-0.15, -0.1) is 11.3 Å². The molecule has 1 fully saturated rings. The van der Waals surface area contributed by atoms with Gasteiger partial charge in [-0.3, -0.25) is 9.69 Å². The number of likely N-dealkylation sites (tertiary alicyclic amines) is 1. The van der Waals surface area contributed by atoms with E-state index in [1.807, 2.05) is 60.7 Å². The molecule has 0 amide bonds. The molecule has 168 valence electrons. The Labute approximate surface area is 198 Å². The van der Waals surface area contributed by atoms with Crippen molar-refractivity contribution < 1.29 is 14.3 Å². The number of ether oxygens (including phenoxy) is 2. The van der Waals surface area contributed by atoms with Crippen molar-refractivity contribution in [2.75, 3.05) is 33.4 Å². The van der Waals surface area contributed by atoms with E-state index in [9.17, 15) is 4.79 Å². The second-order valence-electron chi connectivity index (χ2n) is 8.29. The van der Waals surface area contributed by atoms with Crippen molar-refractivity contribution >= 4 is 27.2 Å². The predicted molar refractivity (Wildman–Crippen MR) is 135 cm³/mol. The SMILES string of the molecule is COc1ccc2c(C(=O)c3ccc(OCCN4CCCC4)cc3)c(-c3ccccc3)sc2c1. The lowest BCUT2D eigenvalue weighted by Gasteiger charge is -2.15. The van der Waals surface area contributed by atoms with Gasteiger partial charge in [-0.05, 0) is 74.0 Å². The van der Waals surface area contributed by atoms with Crippen LogP contribution in [0.2, 0.25) is 0 Å². The van der Waals surface area contributed by atoms with E-state index >= 15 is 0 Å². The molecule has 2 heterocycles. The quantitative estimate of drug-likeness (QED) is 0.292. The van der Waals surface area contributed by atoms with E-state index in [2.05, 4.69) is 17.0 Å². The standard InChI is InChI=1S/C28H27NO3S/c1-31-23-13-14-24-25(19-23)33-28(21-7-3-2-4-8-21)26(24)27(30)20-9-11-22(12-10-20)32-18-17-29-15-5-6-16-29/h2-4,7-14,19H,5-6,15-18H2,1H3. The summed E-state index contributed by atoms with van der Waals surface area (Å²) in [7, 11) is 1.66. The van der Waals surface area contributed by atoms with Crippen LogP contribution in [0.4, 0.5) is 0 Å². The molecule has 4 aromatic rings. The van der Waals surface area contributed by atoms with Gasteiger partial charge in [0.05, 0.1) is 7.11 Å². The molecule has 4 nitrogen and oxygen atoms in total. The first-order valence-electron chi connectivity index (χ1n) is 11.4. The van der Waals surface area contributed by atoms with Crippen molar-refractivity contribution in [3.63, 3.8) is 0 Å². The van der Waals surface area contributed by atoms with Gasteiger partial charge in [0.25, 0.3) is 0 Å². The van der Waals surface area contributed by atoms with Crippen LogP contribution in [0, 0.1) is 0 Å². The third-order valence-corrected chi connectivity index (χ3v) is 7.35. The minimum Gasteiger partial charge on any atom is -0.497 e. The Morgan fingerprint density at radius 3 is 2.39 bits per heavy atom. The highest BCUT2D eigenvalue weighted by atomic mass is 32.1. The summed E-state index contributed by atoms with van der Waals surface area (Å²) < 4.78 is 12.4. The van der Waals surface area contributed by atoms with Crippen LogP contribution in [-0.4, -0.2) is 44.0 Å². The minimum absolute atomic E-state index is 0.0221. The highest BCUT2D eigenvalue weighted by Gasteiger charge is 2.22. The maximum absolute atomic E-state index is 13.7. The first kappa shape index (κ1) is 21.7. The maximum Gasteiger partial charge on any atom is 0.195 e. The second-order valence-corrected chi connectivity index (χ2v) is 9.34. The molecule has 1 aliphatic heterocycles. The van der Waals surface area contributed by atoms with Gasteiger partial charge in [0, 0.05) is 32.6 Å². The Hall–Kier alpha value is -3.15. The first-order valence-corrected chi connectivity index (χ1v) is 12.2. The number of ketones is 1. The topological polar surface area (TPSA) is 38.8 Å². The number of rotatable bonds is 8. The molecule has 5 rings (SSSR count). The molecule has 0 spiro atoms. The minimum atomic E-state index is 0.0221. The van der Waals surface area contributed by atoms with Crippen molar-refractivity contribution in [3.05, 3.63) is 83.9 Å². The maximum atomic E-state index is 13.7. The molecule has 0 aliphatic carbocycles. The van der Waals surface area contributed by atoms with Crippen molar-refractivity contribution in [2.45, 2.75) is 12.8 Å². The fourth-order valence-electron chi connectivity index (χ4n) is 4.37. The lowest BCUT2D eigenvalue weighted by Crippen LogP contribution is -2.25. The number of methoxy groups -OCH3 is 1. The van der Waals surface area contributed by atoms with Crippen molar-refractivity contribution in [1.29, 1.82) is 0 Å². The molecule has 0 radical (unpaired) electrons. The lowest BCUT2D eigenvalue weighted by atomic mass is 9.97. The van der Waals surface area contributed by atoms with Gasteiger partial charge in [-0.1, -0.05) is 30.3 Å². The normalized spacial score (nSPS) is 14.0. The fraction of sp³-hybridized carbons (Fsp3) is 0.250. The molecular formula is C28H27NO3S. The van der Waals surface area contributed by atoms with E-state index in [0.29, 0.717) is 12.2 Å². The zero-order chi connectivity index (χ0) is 22.6. The smallest absolute Gasteiger partial charge is 0.195 e. The average Bonchev–Trinajstić information content (AvgIpc) is 3.52. The van der Waals surface area contributed by atoms with Crippen LogP contribution in [-0.2, 0) is 0 Å². The van der Waals surface area contributed by atoms with Gasteiger partial charge in [-0.2, -0.15) is 0 Å². The molecule has 0 atom stereocenters. The van der Waals surface area contributed by atoms with Crippen LogP contribution >= 0.6 is 11.3 Å². The molecule has 3 aromatic carbocycles. The number of nitrogens with zero attached hydrogens (tertiary/aromatic N) is 1. The molecule has 33 heavy (non-hydrogen) atoms. The molecule has 5 heteroatoms. The van der Waals surface area contributed by atoms with Crippen LogP contribution in [0.25, 0.3) is 20.5 Å². The Morgan fingerprint density at radius 1 is 0.939 bits per heavy atom. The number of carbonyl (C=O) groups is 1. The largest absolute Gasteiger partial charge is 0.497 e. The molecule has 1 aliphatic rings. The number of hydrogen-bond acceptors (Lipinski definition) is 5. The molecule has 0 bridgehead atoms. The fourth-order valence-corrected chi connectivity index (χ4v) is 5.60. The Kier molecular flexibility index (Phi) is 6.42. The molecule has 1 aromatic heterocycles. The zero-order valence-electron chi connectivity index (χ0n) is 18.8. The Morgan fingerprint density at radius 2 is 1.67 bits per heavy atom. The first-order chi connectivity index (χ1) is 16.2. The number of carbonyl (C=O) groups excluding carboxylic acids is 1. The summed E-state index contributed by atoms with van der Waals surface area (Å²) in [6.07, 6.45) is 2.57. The van der Waals surface area contributed by atoms with Crippen molar-refractivity contribution in [3.8, 4) is 21.9 Å². The van der Waals surface area contributed by atoms with Gasteiger partial charge < -0.3 is 9.47 Å². The third-order valence-electron chi connectivity index (χ3n) is 6.15. The molecule has 0 N–H and O–H groups in total. The van der Waals surface area contributed by atoms with E-state index in [0.717, 1.165) is 44.1 Å². The van der Waals surface area contributed by atoms with Crippen LogP contribution in [0.3, 0.4) is 0 Å². The number of hydrogen-bond donors (Lipinski definition) is 0. The second kappa shape index (κ2) is 9.77. The molecular weight excluding hydrogens is 430 g/mol. The monoisotopic (exact) mass is 457 g/mol. The Balaban J connectivity index is 1.42. The Bertz CT molecular complexity index is 1240. The van der Waals surface area contributed by atoms with Gasteiger partial charge >= 0.3 is 0 Å². The highest BCUT2D eigenvalue weighted by molar-refractivity contribution is 7.22. The average molecular weight is 458 g/mol. The molecule has 1 saturated heterocycles. The molecule has 0 saturated carbocycles. The lowest BCUT2D eigenvalue weighted by molar-refractivity contribution is 0.104. The summed E-state index contributed by atoms with van der Waals surface area (Å²) in [5.41, 5.74) is 2.45. The summed E-state index contributed by atoms with van der Waals surface area (Å²) >= 11 is 1.63. The highest BCUT2D eigenvalue weighted by Crippen LogP contribution is 2.41. The van der Waals surface area contributed by atoms with Crippen LogP contribution in [0.5, 0.6) is 11.5 Å². The summed E-state index contributed by atoms with van der Waals surface area (Å²) in [6.45, 7) is 3.95. The van der Waals surface area contributed by atoms with Crippen LogP contribution in [0.15, 0.2) is 72.8 Å². The van der Waals surface area contributed by atoms with E-state index < -0.39 is 0 Å². The third kappa shape index (κ3) is 4.65. The number of fused-ring (bicyclic) bond motifs is 1. The van der Waals surface area contributed by atoms with Crippen LogP contribution < -0.4 is 9.47 Å². The summed E-state index contributed by atoms with van der Waals surface area (Å²) in [6, 6.07) is 23.5. The van der Waals surface area contributed by atoms with Gasteiger partial charge in [0.15, 0.2) is 5.78 Å². The number of thiophene rings is 1. The van der Waals surface area contributed by atoms with E-state index in [-0.39, 0.29) is 5.78 Å². The number of benzene rings is 3. The summed E-state index contributed by atoms with van der Waals surface area (Å²) in [5, 5.41) is 0.954. The van der Waals surface area contributed by atoms with Crippen molar-refractivity contribution in [2.24, 2.45) is 0 Å². The van der Waals surface area contributed by atoms with Crippen LogP contribution in [0.1, 0.15) is 28.8 Å². The zero-order valence-corrected chi connectivity index (χ0v) is 19.6. The van der Waals surface area contributed by atoms with E-state index in [1.165, 1.54) is 25.9 Å². The summed E-state index contributed by atoms with van der Waals surface area (Å²) in [4.78, 5) is 17.1. The van der Waals surface area contributed by atoms with Gasteiger partial charge in [0.1, 0.15) is 18.1 Å². The van der Waals surface area contributed by atoms with E-state index in [1.54, 1.807) is 18.4 Å².